The molecule has 1 fully saturated rings. The Bertz CT molecular complexity index is 728. The first-order valence-electron chi connectivity index (χ1n) is 8.11. The smallest absolute Gasteiger partial charge is 0.269 e. The van der Waals surface area contributed by atoms with Gasteiger partial charge in [0.2, 0.25) is 0 Å². The van der Waals surface area contributed by atoms with Crippen LogP contribution in [0, 0.1) is 0 Å². The van der Waals surface area contributed by atoms with Gasteiger partial charge in [0.15, 0.2) is 0 Å². The first-order valence-corrected chi connectivity index (χ1v) is 8.87. The van der Waals surface area contributed by atoms with E-state index in [9.17, 15) is 4.79 Å². The number of benzene rings is 1. The molecule has 0 aliphatic carbocycles. The van der Waals surface area contributed by atoms with Gasteiger partial charge in [0.05, 0.1) is 22.8 Å². The predicted octanol–water partition coefficient (Wildman–Crippen LogP) is 2.89. The maximum Gasteiger partial charge on any atom is 0.269 e. The number of carbonyl (C=O) groups excluding carboxylic acids is 1. The van der Waals surface area contributed by atoms with Gasteiger partial charge in [-0.05, 0) is 29.8 Å². The minimum absolute atomic E-state index is 0.0568. The monoisotopic (exact) mass is 379 g/mol. The lowest BCUT2D eigenvalue weighted by Crippen LogP contribution is -2.38. The zero-order valence-corrected chi connectivity index (χ0v) is 15.1. The summed E-state index contributed by atoms with van der Waals surface area (Å²) in [6, 6.07) is 10.8. The number of nitrogens with zero attached hydrogens (tertiary/aromatic N) is 1. The van der Waals surface area contributed by atoms with Crippen LogP contribution in [-0.2, 0) is 4.74 Å². The van der Waals surface area contributed by atoms with Gasteiger partial charge in [0, 0.05) is 31.7 Å². The molecule has 1 aliphatic heterocycles. The lowest BCUT2D eigenvalue weighted by atomic mass is 9.93. The maximum absolute atomic E-state index is 12.2. The molecule has 2 atom stereocenters. The lowest BCUT2D eigenvalue weighted by Gasteiger charge is -2.25. The highest BCUT2D eigenvalue weighted by Gasteiger charge is 2.27. The minimum Gasteiger partial charge on any atom is -0.374 e. The third-order valence-corrected chi connectivity index (χ3v) is 4.90. The average Bonchev–Trinajstić information content (AvgIpc) is 2.88. The summed E-state index contributed by atoms with van der Waals surface area (Å²) in [7, 11) is 0. The van der Waals surface area contributed by atoms with Crippen LogP contribution in [0.4, 0.5) is 0 Å². The van der Waals surface area contributed by atoms with E-state index in [0.717, 1.165) is 18.7 Å². The first-order chi connectivity index (χ1) is 12.1. The Morgan fingerprint density at radius 3 is 2.92 bits per heavy atom. The molecule has 0 unspecified atom stereocenters. The van der Waals surface area contributed by atoms with E-state index < -0.39 is 0 Å². The SMILES string of the molecule is O=C(NC[C@H]1OCCNC[C@H]1c1ccc(Cl)c(Cl)c1)c1ccccn1. The van der Waals surface area contributed by atoms with E-state index >= 15 is 0 Å². The van der Waals surface area contributed by atoms with Crippen molar-refractivity contribution in [2.45, 2.75) is 12.0 Å². The molecule has 2 N–H and O–H groups in total. The second-order valence-electron chi connectivity index (χ2n) is 5.82. The van der Waals surface area contributed by atoms with Gasteiger partial charge in [-0.2, -0.15) is 0 Å². The molecule has 0 saturated carbocycles. The second kappa shape index (κ2) is 8.63. The van der Waals surface area contributed by atoms with E-state index in [1.54, 1.807) is 30.5 Å². The van der Waals surface area contributed by atoms with Crippen molar-refractivity contribution in [3.05, 3.63) is 63.9 Å². The van der Waals surface area contributed by atoms with Gasteiger partial charge in [0.1, 0.15) is 5.69 Å². The molecular weight excluding hydrogens is 361 g/mol. The fourth-order valence-electron chi connectivity index (χ4n) is 2.85. The number of pyridine rings is 1. The van der Waals surface area contributed by atoms with Crippen LogP contribution in [-0.4, -0.2) is 43.2 Å². The van der Waals surface area contributed by atoms with E-state index in [1.165, 1.54) is 0 Å². The number of carbonyl (C=O) groups is 1. The minimum atomic E-state index is -0.214. The van der Waals surface area contributed by atoms with E-state index in [4.69, 9.17) is 27.9 Å². The molecule has 25 heavy (non-hydrogen) atoms. The van der Waals surface area contributed by atoms with Crippen LogP contribution < -0.4 is 10.6 Å². The van der Waals surface area contributed by atoms with Gasteiger partial charge >= 0.3 is 0 Å². The van der Waals surface area contributed by atoms with Crippen LogP contribution in [0.1, 0.15) is 22.0 Å². The predicted molar refractivity (Wildman–Crippen MR) is 98.4 cm³/mol. The quantitative estimate of drug-likeness (QED) is 0.856. The summed E-state index contributed by atoms with van der Waals surface area (Å²) < 4.78 is 5.95. The zero-order valence-electron chi connectivity index (χ0n) is 13.5. The molecule has 2 heterocycles. The average molecular weight is 380 g/mol. The number of aromatic nitrogens is 1. The van der Waals surface area contributed by atoms with Crippen LogP contribution >= 0.6 is 23.2 Å². The van der Waals surface area contributed by atoms with Gasteiger partial charge in [-0.1, -0.05) is 35.3 Å². The third kappa shape index (κ3) is 4.70. The van der Waals surface area contributed by atoms with Gasteiger partial charge in [0.25, 0.3) is 5.91 Å². The standard InChI is InChI=1S/C18H19Cl2N3O2/c19-14-5-4-12(9-15(14)20)13-10-21-7-8-25-17(13)11-23-18(24)16-3-1-2-6-22-16/h1-6,9,13,17,21H,7-8,10-11H2,(H,23,24)/t13-,17+/m0/s1. The van der Waals surface area contributed by atoms with Crippen molar-refractivity contribution in [1.82, 2.24) is 15.6 Å². The van der Waals surface area contributed by atoms with E-state index in [2.05, 4.69) is 15.6 Å². The molecule has 132 valence electrons. The highest BCUT2D eigenvalue weighted by atomic mass is 35.5. The van der Waals surface area contributed by atoms with E-state index in [0.29, 0.717) is 28.9 Å². The lowest BCUT2D eigenvalue weighted by molar-refractivity contribution is 0.0498. The molecular formula is C18H19Cl2N3O2. The van der Waals surface area contributed by atoms with Gasteiger partial charge in [-0.3, -0.25) is 9.78 Å². The number of halogens is 2. The van der Waals surface area contributed by atoms with Crippen LogP contribution in [0.15, 0.2) is 42.6 Å². The van der Waals surface area contributed by atoms with Gasteiger partial charge in [-0.15, -0.1) is 0 Å². The molecule has 1 aromatic heterocycles. The Labute approximate surface area is 156 Å². The Morgan fingerprint density at radius 2 is 2.16 bits per heavy atom. The summed E-state index contributed by atoms with van der Waals surface area (Å²) >= 11 is 12.2. The molecule has 7 heteroatoms. The van der Waals surface area contributed by atoms with Crippen LogP contribution in [0.5, 0.6) is 0 Å². The van der Waals surface area contributed by atoms with E-state index in [-0.39, 0.29) is 17.9 Å². The van der Waals surface area contributed by atoms with Crippen LogP contribution in [0.3, 0.4) is 0 Å². The molecule has 2 aromatic rings. The van der Waals surface area contributed by atoms with Crippen molar-refractivity contribution in [2.75, 3.05) is 26.2 Å². The van der Waals surface area contributed by atoms with E-state index in [1.807, 2.05) is 12.1 Å². The zero-order chi connectivity index (χ0) is 17.6. The number of ether oxygens (including phenoxy) is 1. The summed E-state index contributed by atoms with van der Waals surface area (Å²) in [4.78, 5) is 16.3. The topological polar surface area (TPSA) is 63.2 Å². The molecule has 3 rings (SSSR count). The number of amides is 1. The van der Waals surface area contributed by atoms with Crippen molar-refractivity contribution in [2.24, 2.45) is 0 Å². The number of hydrogen-bond acceptors (Lipinski definition) is 4. The number of nitrogens with one attached hydrogen (secondary N) is 2. The molecule has 0 spiro atoms. The highest BCUT2D eigenvalue weighted by molar-refractivity contribution is 6.42. The molecule has 1 saturated heterocycles. The molecule has 0 radical (unpaired) electrons. The second-order valence-corrected chi connectivity index (χ2v) is 6.63. The molecule has 0 bridgehead atoms. The molecule has 1 aromatic carbocycles. The number of hydrogen-bond donors (Lipinski definition) is 2. The fraction of sp³-hybridized carbons (Fsp3) is 0.333. The summed E-state index contributed by atoms with van der Waals surface area (Å²) in [5, 5.41) is 7.30. The Kier molecular flexibility index (Phi) is 6.26. The van der Waals surface area contributed by atoms with Crippen LogP contribution in [0.2, 0.25) is 10.0 Å². The largest absolute Gasteiger partial charge is 0.374 e. The molecule has 1 amide bonds. The van der Waals surface area contributed by atoms with Crippen LogP contribution in [0.25, 0.3) is 0 Å². The Balaban J connectivity index is 1.72. The fourth-order valence-corrected chi connectivity index (χ4v) is 3.15. The summed E-state index contributed by atoms with van der Waals surface area (Å²) in [5.41, 5.74) is 1.42. The third-order valence-electron chi connectivity index (χ3n) is 4.16. The van der Waals surface area contributed by atoms with Crippen molar-refractivity contribution >= 4 is 29.1 Å². The Morgan fingerprint density at radius 1 is 1.28 bits per heavy atom. The van der Waals surface area contributed by atoms with Crippen molar-refractivity contribution in [3.8, 4) is 0 Å². The molecule has 1 aliphatic rings. The van der Waals surface area contributed by atoms with Crippen molar-refractivity contribution in [1.29, 1.82) is 0 Å². The normalized spacial score (nSPS) is 20.7. The summed E-state index contributed by atoms with van der Waals surface area (Å²) in [6.07, 6.45) is 1.43. The maximum atomic E-state index is 12.2. The highest BCUT2D eigenvalue weighted by Crippen LogP contribution is 2.29. The summed E-state index contributed by atoms with van der Waals surface area (Å²) in [5.74, 6) is -0.157. The van der Waals surface area contributed by atoms with Crippen molar-refractivity contribution in [3.63, 3.8) is 0 Å². The summed E-state index contributed by atoms with van der Waals surface area (Å²) in [6.45, 7) is 2.48. The van der Waals surface area contributed by atoms with Gasteiger partial charge < -0.3 is 15.4 Å². The first kappa shape index (κ1) is 18.1. The Hall–Kier alpha value is -1.66. The molecule has 5 nitrogen and oxygen atoms in total. The number of rotatable bonds is 4. The van der Waals surface area contributed by atoms with Gasteiger partial charge in [-0.25, -0.2) is 0 Å². The van der Waals surface area contributed by atoms with Crippen molar-refractivity contribution < 1.29 is 9.53 Å².